The molecule has 19 heavy (non-hydrogen) atoms. The topological polar surface area (TPSA) is 29.5 Å². The monoisotopic (exact) mass is 330 g/mol. The van der Waals surface area contributed by atoms with Crippen LogP contribution in [-0.2, 0) is 11.2 Å². The molecular weight excluding hydrogens is 311 g/mol. The summed E-state index contributed by atoms with van der Waals surface area (Å²) in [6.45, 7) is 0.835. The number of aliphatic hydroxyl groups excluding tert-OH is 1. The fourth-order valence-corrected chi connectivity index (χ4v) is 2.79. The van der Waals surface area contributed by atoms with Crippen molar-refractivity contribution in [1.82, 2.24) is 0 Å². The third-order valence-corrected chi connectivity index (χ3v) is 4.06. The molecule has 2 unspecified atom stereocenters. The van der Waals surface area contributed by atoms with E-state index >= 15 is 0 Å². The summed E-state index contributed by atoms with van der Waals surface area (Å²) < 4.78 is 20.0. The third kappa shape index (κ3) is 4.86. The second kappa shape index (κ2) is 7.36. The zero-order valence-electron chi connectivity index (χ0n) is 10.9. The van der Waals surface area contributed by atoms with Crippen LogP contribution in [0.4, 0.5) is 4.39 Å². The predicted molar refractivity (Wildman–Crippen MR) is 76.6 cm³/mol. The summed E-state index contributed by atoms with van der Waals surface area (Å²) in [7, 11) is 0. The van der Waals surface area contributed by atoms with Gasteiger partial charge in [0.15, 0.2) is 0 Å². The molecule has 4 heteroatoms. The first-order valence-electron chi connectivity index (χ1n) is 6.89. The molecule has 1 aromatic carbocycles. The molecule has 1 aliphatic heterocycles. The van der Waals surface area contributed by atoms with Crippen LogP contribution in [0.3, 0.4) is 0 Å². The van der Waals surface area contributed by atoms with Crippen molar-refractivity contribution in [2.24, 2.45) is 0 Å². The molecule has 0 aliphatic carbocycles. The van der Waals surface area contributed by atoms with Gasteiger partial charge in [0, 0.05) is 17.5 Å². The first-order chi connectivity index (χ1) is 9.15. The predicted octanol–water partition coefficient (Wildman–Crippen LogP) is 3.84. The standard InChI is InChI=1S/C15H20BrFO2/c16-12-5-4-11(15(17)10-12)9-13(18)6-7-14-3-1-2-8-19-14/h4-5,10,13-14,18H,1-3,6-9H2. The Labute approximate surface area is 122 Å². The van der Waals surface area contributed by atoms with Crippen LogP contribution in [0, 0.1) is 5.82 Å². The second-order valence-corrected chi connectivity index (χ2v) is 6.08. The molecular formula is C15H20BrFO2. The van der Waals surface area contributed by atoms with Gasteiger partial charge in [0.25, 0.3) is 0 Å². The normalized spacial score (nSPS) is 21.3. The van der Waals surface area contributed by atoms with Gasteiger partial charge < -0.3 is 9.84 Å². The zero-order chi connectivity index (χ0) is 13.7. The molecule has 2 atom stereocenters. The molecule has 0 radical (unpaired) electrons. The Bertz CT molecular complexity index is 405. The molecule has 2 rings (SSSR count). The van der Waals surface area contributed by atoms with Crippen molar-refractivity contribution in [3.63, 3.8) is 0 Å². The van der Waals surface area contributed by atoms with Crippen molar-refractivity contribution in [2.75, 3.05) is 6.61 Å². The summed E-state index contributed by atoms with van der Waals surface area (Å²) in [5, 5.41) is 9.99. The van der Waals surface area contributed by atoms with Gasteiger partial charge in [-0.3, -0.25) is 0 Å². The SMILES string of the molecule is OC(CCC1CCCCO1)Cc1ccc(Br)cc1F. The number of hydrogen-bond acceptors (Lipinski definition) is 2. The van der Waals surface area contributed by atoms with Crippen molar-refractivity contribution in [3.05, 3.63) is 34.1 Å². The van der Waals surface area contributed by atoms with Crippen LogP contribution in [0.5, 0.6) is 0 Å². The van der Waals surface area contributed by atoms with Gasteiger partial charge in [-0.05, 0) is 49.8 Å². The lowest BCUT2D eigenvalue weighted by atomic mass is 9.99. The quantitative estimate of drug-likeness (QED) is 0.888. The van der Waals surface area contributed by atoms with Gasteiger partial charge in [-0.25, -0.2) is 4.39 Å². The third-order valence-electron chi connectivity index (χ3n) is 3.57. The summed E-state index contributed by atoms with van der Waals surface area (Å²) in [5.74, 6) is -0.262. The highest BCUT2D eigenvalue weighted by molar-refractivity contribution is 9.10. The molecule has 106 valence electrons. The average molecular weight is 331 g/mol. The van der Waals surface area contributed by atoms with Crippen molar-refractivity contribution in [3.8, 4) is 0 Å². The second-order valence-electron chi connectivity index (χ2n) is 5.16. The number of benzene rings is 1. The van der Waals surface area contributed by atoms with Crippen LogP contribution in [-0.4, -0.2) is 23.9 Å². The molecule has 1 aliphatic rings. The van der Waals surface area contributed by atoms with Gasteiger partial charge in [-0.2, -0.15) is 0 Å². The van der Waals surface area contributed by atoms with E-state index in [2.05, 4.69) is 15.9 Å². The maximum atomic E-state index is 13.6. The fraction of sp³-hybridized carbons (Fsp3) is 0.600. The molecule has 2 nitrogen and oxygen atoms in total. The molecule has 1 heterocycles. The van der Waals surface area contributed by atoms with Crippen LogP contribution < -0.4 is 0 Å². The Morgan fingerprint density at radius 1 is 1.42 bits per heavy atom. The Morgan fingerprint density at radius 2 is 2.26 bits per heavy atom. The molecule has 1 aromatic rings. The van der Waals surface area contributed by atoms with Crippen LogP contribution in [0.15, 0.2) is 22.7 Å². The number of halogens is 2. The van der Waals surface area contributed by atoms with Gasteiger partial charge >= 0.3 is 0 Å². The largest absolute Gasteiger partial charge is 0.393 e. The molecule has 0 saturated carbocycles. The summed E-state index contributed by atoms with van der Waals surface area (Å²) in [5.41, 5.74) is 0.570. The van der Waals surface area contributed by atoms with Crippen LogP contribution in [0.25, 0.3) is 0 Å². The van der Waals surface area contributed by atoms with E-state index in [1.54, 1.807) is 12.1 Å². The first-order valence-corrected chi connectivity index (χ1v) is 7.68. The Hall–Kier alpha value is -0.450. The summed E-state index contributed by atoms with van der Waals surface area (Å²) in [4.78, 5) is 0. The number of ether oxygens (including phenoxy) is 1. The summed E-state index contributed by atoms with van der Waals surface area (Å²) >= 11 is 3.23. The van der Waals surface area contributed by atoms with Gasteiger partial charge in [-0.1, -0.05) is 22.0 Å². The van der Waals surface area contributed by atoms with Gasteiger partial charge in [0.05, 0.1) is 12.2 Å². The Balaban J connectivity index is 1.78. The highest BCUT2D eigenvalue weighted by atomic mass is 79.9. The minimum Gasteiger partial charge on any atom is -0.393 e. The maximum absolute atomic E-state index is 13.6. The number of rotatable bonds is 5. The van der Waals surface area contributed by atoms with Crippen molar-refractivity contribution in [2.45, 2.75) is 50.7 Å². The first kappa shape index (κ1) is 14.9. The van der Waals surface area contributed by atoms with E-state index in [0.717, 1.165) is 30.3 Å². The average Bonchev–Trinajstić information content (AvgIpc) is 2.41. The van der Waals surface area contributed by atoms with E-state index in [1.807, 2.05) is 0 Å². The van der Waals surface area contributed by atoms with E-state index < -0.39 is 6.10 Å². The maximum Gasteiger partial charge on any atom is 0.127 e. The molecule has 1 saturated heterocycles. The zero-order valence-corrected chi connectivity index (χ0v) is 12.5. The van der Waals surface area contributed by atoms with Gasteiger partial charge in [0.2, 0.25) is 0 Å². The fourth-order valence-electron chi connectivity index (χ4n) is 2.46. The Kier molecular flexibility index (Phi) is 5.79. The van der Waals surface area contributed by atoms with Crippen molar-refractivity contribution >= 4 is 15.9 Å². The van der Waals surface area contributed by atoms with E-state index in [1.165, 1.54) is 12.5 Å². The smallest absolute Gasteiger partial charge is 0.127 e. The number of aliphatic hydroxyl groups is 1. The van der Waals surface area contributed by atoms with Crippen molar-refractivity contribution in [1.29, 1.82) is 0 Å². The van der Waals surface area contributed by atoms with E-state index in [4.69, 9.17) is 4.74 Å². The van der Waals surface area contributed by atoms with Crippen molar-refractivity contribution < 1.29 is 14.2 Å². The summed E-state index contributed by atoms with van der Waals surface area (Å²) in [6, 6.07) is 4.96. The molecule has 1 N–H and O–H groups in total. The highest BCUT2D eigenvalue weighted by Crippen LogP contribution is 2.20. The van der Waals surface area contributed by atoms with Gasteiger partial charge in [0.1, 0.15) is 5.82 Å². The molecule has 0 amide bonds. The molecule has 0 bridgehead atoms. The molecule has 0 aromatic heterocycles. The lowest BCUT2D eigenvalue weighted by molar-refractivity contribution is 0.00230. The lowest BCUT2D eigenvalue weighted by Crippen LogP contribution is -2.22. The van der Waals surface area contributed by atoms with Crippen LogP contribution in [0.2, 0.25) is 0 Å². The van der Waals surface area contributed by atoms with Gasteiger partial charge in [-0.15, -0.1) is 0 Å². The van der Waals surface area contributed by atoms with E-state index in [9.17, 15) is 9.50 Å². The number of hydrogen-bond donors (Lipinski definition) is 1. The van der Waals surface area contributed by atoms with E-state index in [-0.39, 0.29) is 11.9 Å². The van der Waals surface area contributed by atoms with Crippen LogP contribution >= 0.6 is 15.9 Å². The molecule has 1 fully saturated rings. The summed E-state index contributed by atoms with van der Waals surface area (Å²) in [6.07, 6.45) is 5.11. The van der Waals surface area contributed by atoms with E-state index in [0.29, 0.717) is 18.4 Å². The minimum absolute atomic E-state index is 0.262. The highest BCUT2D eigenvalue weighted by Gasteiger charge is 2.16. The Morgan fingerprint density at radius 3 is 2.95 bits per heavy atom. The minimum atomic E-state index is -0.499. The lowest BCUT2D eigenvalue weighted by Gasteiger charge is -2.23. The molecule has 0 spiro atoms. The van der Waals surface area contributed by atoms with Crippen LogP contribution in [0.1, 0.15) is 37.7 Å².